The third kappa shape index (κ3) is 3.37. The second-order valence-corrected chi connectivity index (χ2v) is 5.93. The zero-order chi connectivity index (χ0) is 15.5. The predicted molar refractivity (Wildman–Crippen MR) is 82.4 cm³/mol. The van der Waals surface area contributed by atoms with Crippen molar-refractivity contribution in [1.82, 2.24) is 15.1 Å². The molecule has 21 heavy (non-hydrogen) atoms. The van der Waals surface area contributed by atoms with E-state index in [9.17, 15) is 9.90 Å². The summed E-state index contributed by atoms with van der Waals surface area (Å²) in [7, 11) is 1.83. The Kier molecular flexibility index (Phi) is 4.88. The number of hydrogen-bond acceptors (Lipinski definition) is 3. The lowest BCUT2D eigenvalue weighted by Crippen LogP contribution is -2.52. The molecule has 0 saturated heterocycles. The lowest BCUT2D eigenvalue weighted by atomic mass is 9.83. The summed E-state index contributed by atoms with van der Waals surface area (Å²) >= 11 is 0. The van der Waals surface area contributed by atoms with Crippen molar-refractivity contribution in [2.45, 2.75) is 57.4 Å². The van der Waals surface area contributed by atoms with E-state index in [4.69, 9.17) is 0 Å². The van der Waals surface area contributed by atoms with Gasteiger partial charge in [-0.1, -0.05) is 20.3 Å². The molecule has 3 N–H and O–H groups in total. The molecule has 118 valence electrons. The van der Waals surface area contributed by atoms with Gasteiger partial charge in [0.15, 0.2) is 0 Å². The van der Waals surface area contributed by atoms with Gasteiger partial charge in [-0.2, -0.15) is 5.10 Å². The second kappa shape index (κ2) is 6.47. The highest BCUT2D eigenvalue weighted by atomic mass is 16.3. The number of hydrogen-bond donors (Lipinski definition) is 3. The van der Waals surface area contributed by atoms with E-state index < -0.39 is 5.54 Å². The highest BCUT2D eigenvalue weighted by Crippen LogP contribution is 2.36. The van der Waals surface area contributed by atoms with Crippen LogP contribution in [0.1, 0.15) is 57.6 Å². The van der Waals surface area contributed by atoms with Gasteiger partial charge in [-0.05, 0) is 25.7 Å². The molecule has 1 aliphatic carbocycles. The van der Waals surface area contributed by atoms with Crippen LogP contribution in [0, 0.1) is 0 Å². The lowest BCUT2D eigenvalue weighted by molar-refractivity contribution is 0.155. The van der Waals surface area contributed by atoms with E-state index in [0.717, 1.165) is 5.69 Å². The molecule has 6 nitrogen and oxygen atoms in total. The average Bonchev–Trinajstić information content (AvgIpc) is 2.75. The first kappa shape index (κ1) is 15.8. The molecule has 0 atom stereocenters. The molecule has 0 aliphatic heterocycles. The van der Waals surface area contributed by atoms with Gasteiger partial charge in [-0.15, -0.1) is 0 Å². The van der Waals surface area contributed by atoms with Crippen LogP contribution in [0.15, 0.2) is 6.07 Å². The molecule has 1 aliphatic rings. The van der Waals surface area contributed by atoms with Crippen molar-refractivity contribution in [1.29, 1.82) is 0 Å². The maximum absolute atomic E-state index is 12.1. The third-order valence-corrected chi connectivity index (χ3v) is 4.70. The number of amides is 2. The first-order valence-corrected chi connectivity index (χ1v) is 7.77. The Balaban J connectivity index is 2.00. The molecule has 1 aromatic rings. The standard InChI is InChI=1S/C15H26N4O2/c1-4-15(5-2,10-20)17-14(21)16-13-9-12(18-19(13)3)11-7-6-8-11/h9,11,20H,4-8,10H2,1-3H3,(H2,16,17,21). The van der Waals surface area contributed by atoms with Gasteiger partial charge in [0.25, 0.3) is 0 Å². The van der Waals surface area contributed by atoms with Gasteiger partial charge in [-0.3, -0.25) is 10.00 Å². The molecule has 2 rings (SSSR count). The highest BCUT2D eigenvalue weighted by molar-refractivity contribution is 5.89. The van der Waals surface area contributed by atoms with Crippen LogP contribution in [0.4, 0.5) is 10.6 Å². The molecule has 0 radical (unpaired) electrons. The van der Waals surface area contributed by atoms with Crippen LogP contribution in [-0.4, -0.2) is 33.1 Å². The minimum Gasteiger partial charge on any atom is -0.394 e. The number of nitrogens with zero attached hydrogens (tertiary/aromatic N) is 2. The molecule has 6 heteroatoms. The molecule has 0 unspecified atom stereocenters. The van der Waals surface area contributed by atoms with Crippen LogP contribution in [0.2, 0.25) is 0 Å². The summed E-state index contributed by atoms with van der Waals surface area (Å²) in [6.45, 7) is 3.85. The van der Waals surface area contributed by atoms with Crippen molar-refractivity contribution >= 4 is 11.8 Å². The summed E-state index contributed by atoms with van der Waals surface area (Å²) in [6.07, 6.45) is 5.00. The third-order valence-electron chi connectivity index (χ3n) is 4.70. The molecule has 1 saturated carbocycles. The number of carbonyl (C=O) groups excluding carboxylic acids is 1. The Morgan fingerprint density at radius 1 is 1.48 bits per heavy atom. The molecule has 1 heterocycles. The minimum atomic E-state index is -0.556. The van der Waals surface area contributed by atoms with Crippen LogP contribution in [0.25, 0.3) is 0 Å². The number of carbonyl (C=O) groups is 1. The van der Waals surface area contributed by atoms with Gasteiger partial charge in [0.2, 0.25) is 0 Å². The van der Waals surface area contributed by atoms with Crippen LogP contribution >= 0.6 is 0 Å². The van der Waals surface area contributed by atoms with Crippen molar-refractivity contribution in [2.75, 3.05) is 11.9 Å². The number of aliphatic hydroxyl groups excluding tert-OH is 1. The first-order chi connectivity index (χ1) is 10.0. The molecule has 2 amide bonds. The summed E-state index contributed by atoms with van der Waals surface area (Å²) in [5, 5.41) is 19.7. The largest absolute Gasteiger partial charge is 0.394 e. The fourth-order valence-electron chi connectivity index (χ4n) is 2.59. The highest BCUT2D eigenvalue weighted by Gasteiger charge is 2.28. The molecule has 0 bridgehead atoms. The summed E-state index contributed by atoms with van der Waals surface area (Å²) in [6, 6.07) is 1.65. The predicted octanol–water partition coefficient (Wildman–Crippen LogP) is 2.36. The Morgan fingerprint density at radius 2 is 2.14 bits per heavy atom. The molecular weight excluding hydrogens is 268 g/mol. The minimum absolute atomic E-state index is 0.0634. The smallest absolute Gasteiger partial charge is 0.320 e. The van der Waals surface area contributed by atoms with Gasteiger partial charge in [0, 0.05) is 19.0 Å². The number of aromatic nitrogens is 2. The fraction of sp³-hybridized carbons (Fsp3) is 0.733. The SMILES string of the molecule is CCC(CC)(CO)NC(=O)Nc1cc(C2CCC2)nn1C. The van der Waals surface area contributed by atoms with E-state index in [-0.39, 0.29) is 12.6 Å². The van der Waals surface area contributed by atoms with Crippen molar-refractivity contribution in [3.8, 4) is 0 Å². The Labute approximate surface area is 125 Å². The van der Waals surface area contributed by atoms with Crippen molar-refractivity contribution in [3.63, 3.8) is 0 Å². The maximum Gasteiger partial charge on any atom is 0.320 e. The van der Waals surface area contributed by atoms with Crippen LogP contribution in [0.3, 0.4) is 0 Å². The molecular formula is C15H26N4O2. The van der Waals surface area contributed by atoms with Crippen LogP contribution in [-0.2, 0) is 7.05 Å². The summed E-state index contributed by atoms with van der Waals surface area (Å²) in [4.78, 5) is 12.1. The average molecular weight is 294 g/mol. The van der Waals surface area contributed by atoms with E-state index in [2.05, 4.69) is 15.7 Å². The molecule has 1 aromatic heterocycles. The molecule has 0 aromatic carbocycles. The zero-order valence-corrected chi connectivity index (χ0v) is 13.1. The second-order valence-electron chi connectivity index (χ2n) is 5.93. The number of aliphatic hydroxyl groups is 1. The Morgan fingerprint density at radius 3 is 2.62 bits per heavy atom. The summed E-state index contributed by atoms with van der Waals surface area (Å²) < 4.78 is 1.70. The topological polar surface area (TPSA) is 79.2 Å². The first-order valence-electron chi connectivity index (χ1n) is 7.77. The van der Waals surface area contributed by atoms with Crippen LogP contribution in [0.5, 0.6) is 0 Å². The number of rotatable bonds is 6. The van der Waals surface area contributed by atoms with E-state index in [1.54, 1.807) is 4.68 Å². The van der Waals surface area contributed by atoms with Gasteiger partial charge >= 0.3 is 6.03 Å². The van der Waals surface area contributed by atoms with E-state index in [1.807, 2.05) is 27.0 Å². The number of urea groups is 1. The van der Waals surface area contributed by atoms with E-state index in [0.29, 0.717) is 24.6 Å². The number of anilines is 1. The summed E-state index contributed by atoms with van der Waals surface area (Å²) in [5.74, 6) is 1.23. The molecule has 1 fully saturated rings. The fourth-order valence-corrected chi connectivity index (χ4v) is 2.59. The normalized spacial score (nSPS) is 15.6. The zero-order valence-electron chi connectivity index (χ0n) is 13.1. The quantitative estimate of drug-likeness (QED) is 0.753. The number of nitrogens with one attached hydrogen (secondary N) is 2. The van der Waals surface area contributed by atoms with Crippen molar-refractivity contribution in [2.24, 2.45) is 7.05 Å². The monoisotopic (exact) mass is 294 g/mol. The summed E-state index contributed by atoms with van der Waals surface area (Å²) in [5.41, 5.74) is 0.498. The number of aryl methyl sites for hydroxylation is 1. The lowest BCUT2D eigenvalue weighted by Gasteiger charge is -2.30. The van der Waals surface area contributed by atoms with Gasteiger partial charge in [0.1, 0.15) is 5.82 Å². The Hall–Kier alpha value is -1.56. The van der Waals surface area contributed by atoms with E-state index in [1.165, 1.54) is 19.3 Å². The van der Waals surface area contributed by atoms with Crippen molar-refractivity contribution in [3.05, 3.63) is 11.8 Å². The van der Waals surface area contributed by atoms with Crippen LogP contribution < -0.4 is 10.6 Å². The maximum atomic E-state index is 12.1. The van der Waals surface area contributed by atoms with Gasteiger partial charge < -0.3 is 10.4 Å². The molecule has 0 spiro atoms. The van der Waals surface area contributed by atoms with E-state index >= 15 is 0 Å². The van der Waals surface area contributed by atoms with Gasteiger partial charge in [-0.25, -0.2) is 4.79 Å². The van der Waals surface area contributed by atoms with Crippen molar-refractivity contribution < 1.29 is 9.90 Å². The van der Waals surface area contributed by atoms with Gasteiger partial charge in [0.05, 0.1) is 17.8 Å². The Bertz CT molecular complexity index is 482.